The molecule has 5 N–H and O–H groups in total. The number of carboxylic acid groups (broad SMARTS) is 1. The third kappa shape index (κ3) is 5.20. The largest absolute Gasteiger partial charge is 0.507 e. The average Bonchev–Trinajstić information content (AvgIpc) is 3.00. The number of phenols is 1. The number of hydrogen-bond acceptors (Lipinski definition) is 7. The van der Waals surface area contributed by atoms with Gasteiger partial charge in [-0.2, -0.15) is 0 Å². The first-order valence-corrected chi connectivity index (χ1v) is 9.89. The minimum absolute atomic E-state index is 0.0266. The minimum Gasteiger partial charge on any atom is -0.507 e. The summed E-state index contributed by atoms with van der Waals surface area (Å²) in [5.74, 6) is -1.69. The lowest BCUT2D eigenvalue weighted by atomic mass is 9.82. The summed E-state index contributed by atoms with van der Waals surface area (Å²) in [7, 11) is -1.54. The monoisotopic (exact) mass is 406 g/mol. The third-order valence-electron chi connectivity index (χ3n) is 5.49. The number of amides is 1. The van der Waals surface area contributed by atoms with Crippen molar-refractivity contribution in [3.8, 4) is 11.5 Å². The van der Waals surface area contributed by atoms with Crippen molar-refractivity contribution in [3.63, 3.8) is 0 Å². The van der Waals surface area contributed by atoms with E-state index in [-0.39, 0.29) is 42.1 Å². The molecular weight excluding hydrogens is 379 g/mol. The van der Waals surface area contributed by atoms with Crippen LogP contribution in [0.4, 0.5) is 0 Å². The van der Waals surface area contributed by atoms with Crippen LogP contribution in [0.15, 0.2) is 12.1 Å². The van der Waals surface area contributed by atoms with Crippen LogP contribution < -0.4 is 10.1 Å². The Hall–Kier alpha value is -2.30. The van der Waals surface area contributed by atoms with Crippen molar-refractivity contribution in [2.45, 2.75) is 57.1 Å². The highest BCUT2D eigenvalue weighted by atomic mass is 16.5. The molecule has 2 saturated heterocycles. The van der Waals surface area contributed by atoms with Crippen molar-refractivity contribution in [1.29, 1.82) is 0 Å². The van der Waals surface area contributed by atoms with E-state index in [2.05, 4.69) is 12.2 Å². The zero-order valence-electron chi connectivity index (χ0n) is 16.4. The van der Waals surface area contributed by atoms with Crippen LogP contribution in [-0.2, 0) is 11.2 Å². The van der Waals surface area contributed by atoms with Crippen molar-refractivity contribution >= 4 is 19.0 Å². The van der Waals surface area contributed by atoms with E-state index < -0.39 is 18.8 Å². The molecule has 2 atom stereocenters. The van der Waals surface area contributed by atoms with Crippen LogP contribution in [0.25, 0.3) is 0 Å². The zero-order valence-corrected chi connectivity index (χ0v) is 16.4. The maximum Gasteiger partial charge on any atom is 0.451 e. The Kier molecular flexibility index (Phi) is 6.66. The Labute approximate surface area is 169 Å². The van der Waals surface area contributed by atoms with Crippen LogP contribution >= 0.6 is 0 Å². The fourth-order valence-electron chi connectivity index (χ4n) is 3.82. The number of aromatic carboxylic acids is 1. The van der Waals surface area contributed by atoms with Gasteiger partial charge in [0, 0.05) is 18.5 Å². The molecule has 0 spiro atoms. The van der Waals surface area contributed by atoms with Crippen LogP contribution in [0, 0.1) is 0 Å². The second kappa shape index (κ2) is 9.02. The summed E-state index contributed by atoms with van der Waals surface area (Å²) in [5, 5.41) is 41.1. The fourth-order valence-corrected chi connectivity index (χ4v) is 3.82. The Morgan fingerprint density at radius 3 is 2.59 bits per heavy atom. The van der Waals surface area contributed by atoms with Crippen LogP contribution in [0.5, 0.6) is 11.5 Å². The summed E-state index contributed by atoms with van der Waals surface area (Å²) in [4.78, 5) is 25.6. The first kappa shape index (κ1) is 21.4. The molecule has 2 aliphatic rings. The number of rotatable bonds is 8. The zero-order chi connectivity index (χ0) is 21.1. The summed E-state index contributed by atoms with van der Waals surface area (Å²) in [6, 6.07) is 3.61. The van der Waals surface area contributed by atoms with Crippen LogP contribution in [0.2, 0.25) is 6.32 Å². The van der Waals surface area contributed by atoms with E-state index in [0.29, 0.717) is 31.1 Å². The molecule has 0 aliphatic carbocycles. The molecule has 3 rings (SSSR count). The maximum atomic E-state index is 12.3. The van der Waals surface area contributed by atoms with Crippen LogP contribution in [0.3, 0.4) is 0 Å². The van der Waals surface area contributed by atoms with E-state index in [1.54, 1.807) is 4.90 Å². The van der Waals surface area contributed by atoms with Gasteiger partial charge in [-0.15, -0.1) is 0 Å². The van der Waals surface area contributed by atoms with Crippen molar-refractivity contribution < 1.29 is 34.6 Å². The van der Waals surface area contributed by atoms with Gasteiger partial charge < -0.3 is 35.2 Å². The molecule has 9 nitrogen and oxygen atoms in total. The number of aryl methyl sites for hydroxylation is 1. The Bertz CT molecular complexity index is 767. The molecule has 2 fully saturated rings. The molecule has 1 amide bonds. The van der Waals surface area contributed by atoms with Gasteiger partial charge in [0.15, 0.2) is 0 Å². The number of carboxylic acids is 1. The number of aromatic hydroxyl groups is 1. The lowest BCUT2D eigenvalue weighted by Crippen LogP contribution is -2.57. The predicted octanol–water partition coefficient (Wildman–Crippen LogP) is 0.226. The van der Waals surface area contributed by atoms with Crippen molar-refractivity contribution in [3.05, 3.63) is 23.3 Å². The minimum atomic E-state index is -1.54. The van der Waals surface area contributed by atoms with Gasteiger partial charge in [-0.3, -0.25) is 4.79 Å². The number of benzene rings is 1. The third-order valence-corrected chi connectivity index (χ3v) is 5.49. The lowest BCUT2D eigenvalue weighted by molar-refractivity contribution is -0.140. The second-order valence-corrected chi connectivity index (χ2v) is 7.86. The van der Waals surface area contributed by atoms with Gasteiger partial charge in [0.25, 0.3) is 0 Å². The van der Waals surface area contributed by atoms with Gasteiger partial charge in [0.05, 0.1) is 13.1 Å². The van der Waals surface area contributed by atoms with Crippen LogP contribution in [-0.4, -0.2) is 75.4 Å². The summed E-state index contributed by atoms with van der Waals surface area (Å²) in [6.45, 7) is 2.85. The second-order valence-electron chi connectivity index (χ2n) is 7.86. The molecule has 29 heavy (non-hydrogen) atoms. The van der Waals surface area contributed by atoms with Gasteiger partial charge in [-0.05, 0) is 44.1 Å². The van der Waals surface area contributed by atoms with Gasteiger partial charge in [0.1, 0.15) is 23.2 Å². The van der Waals surface area contributed by atoms with Crippen molar-refractivity contribution in [1.82, 2.24) is 10.2 Å². The maximum absolute atomic E-state index is 12.3. The molecule has 1 aromatic rings. The predicted molar refractivity (Wildman–Crippen MR) is 105 cm³/mol. The van der Waals surface area contributed by atoms with E-state index in [1.165, 1.54) is 12.1 Å². The topological polar surface area (TPSA) is 140 Å². The number of nitrogens with one attached hydrogen (secondary N) is 1. The average molecular weight is 406 g/mol. The fraction of sp³-hybridized carbons (Fsp3) is 0.579. The number of hydrogen-bond donors (Lipinski definition) is 5. The van der Waals surface area contributed by atoms with Crippen molar-refractivity contribution in [2.75, 3.05) is 13.1 Å². The summed E-state index contributed by atoms with van der Waals surface area (Å²) in [5.41, 5.74) is -0.0598. The van der Waals surface area contributed by atoms with Gasteiger partial charge in [-0.1, -0.05) is 6.07 Å². The first-order chi connectivity index (χ1) is 13.7. The number of carbonyl (C=O) groups excluding carboxylic acids is 1. The smallest absolute Gasteiger partial charge is 0.451 e. The van der Waals surface area contributed by atoms with E-state index in [0.717, 1.165) is 12.8 Å². The molecule has 1 unspecified atom stereocenters. The van der Waals surface area contributed by atoms with Gasteiger partial charge >= 0.3 is 13.1 Å². The van der Waals surface area contributed by atoms with Crippen LogP contribution in [0.1, 0.15) is 42.1 Å². The molecule has 2 heterocycles. The molecule has 1 aromatic carbocycles. The first-order valence-electron chi connectivity index (χ1n) is 9.89. The molecule has 2 aliphatic heterocycles. The number of likely N-dealkylation sites (tertiary alicyclic amines) is 1. The SMILES string of the molecule is CC1CC[C@H](CC(=O)N2CC(Oc3ccc(CCB(O)O)c(O)c3C(=O)O)C2)N1. The number of nitrogens with zero attached hydrogens (tertiary/aromatic N) is 1. The van der Waals surface area contributed by atoms with Gasteiger partial charge in [0.2, 0.25) is 5.91 Å². The van der Waals surface area contributed by atoms with E-state index in [1.807, 2.05) is 0 Å². The lowest BCUT2D eigenvalue weighted by Gasteiger charge is -2.39. The quantitative estimate of drug-likeness (QED) is 0.387. The Morgan fingerprint density at radius 2 is 2.00 bits per heavy atom. The van der Waals surface area contributed by atoms with Crippen molar-refractivity contribution in [2.24, 2.45) is 0 Å². The van der Waals surface area contributed by atoms with E-state index in [4.69, 9.17) is 14.8 Å². The summed E-state index contributed by atoms with van der Waals surface area (Å²) in [6.07, 6.45) is 2.26. The number of carbonyl (C=O) groups is 2. The van der Waals surface area contributed by atoms with Gasteiger partial charge in [-0.25, -0.2) is 4.79 Å². The Morgan fingerprint density at radius 1 is 1.28 bits per heavy atom. The number of ether oxygens (including phenoxy) is 1. The highest BCUT2D eigenvalue weighted by Crippen LogP contribution is 2.34. The van der Waals surface area contributed by atoms with E-state index >= 15 is 0 Å². The molecular formula is C19H27BN2O7. The highest BCUT2D eigenvalue weighted by molar-refractivity contribution is 6.41. The standard InChI is InChI=1S/C19H27BN2O7/c1-11-2-4-13(21-11)8-16(23)22-9-14(10-22)29-15-5-3-12(6-7-20(27)28)18(24)17(15)19(25)26/h3,5,11,13-14,21,24,27-28H,2,4,6-10H2,1H3,(H,25,26)/t11?,13-/m1/s1. The molecule has 10 heteroatoms. The summed E-state index contributed by atoms with van der Waals surface area (Å²) >= 11 is 0. The van der Waals surface area contributed by atoms with E-state index in [9.17, 15) is 19.8 Å². The molecule has 0 bridgehead atoms. The highest BCUT2D eigenvalue weighted by Gasteiger charge is 2.35. The summed E-state index contributed by atoms with van der Waals surface area (Å²) < 4.78 is 5.72. The molecule has 158 valence electrons. The Balaban J connectivity index is 1.57. The molecule has 0 aromatic heterocycles. The molecule has 0 radical (unpaired) electrons. The normalized spacial score (nSPS) is 21.7. The molecule has 0 saturated carbocycles.